The monoisotopic (exact) mass is 399 g/mol. The molecule has 2 heterocycles. The van der Waals surface area contributed by atoms with E-state index >= 15 is 0 Å². The minimum Gasteiger partial charge on any atom is -0.480 e. The molecule has 124 valence electrons. The molecule has 3 aromatic rings. The van der Waals surface area contributed by atoms with E-state index in [4.69, 9.17) is 23.2 Å². The molecule has 24 heavy (non-hydrogen) atoms. The zero-order valence-corrected chi connectivity index (χ0v) is 15.3. The van der Waals surface area contributed by atoms with Crippen LogP contribution in [-0.2, 0) is 17.1 Å². The molecule has 0 bridgehead atoms. The molecule has 1 aromatic carbocycles. The highest BCUT2D eigenvalue weighted by Crippen LogP contribution is 2.33. The smallest absolute Gasteiger partial charge is 0.323 e. The first-order chi connectivity index (χ1) is 11.6. The summed E-state index contributed by atoms with van der Waals surface area (Å²) in [5, 5.41) is 21.0. The molecule has 2 aromatic heterocycles. The highest BCUT2D eigenvalue weighted by molar-refractivity contribution is 7.98. The maximum absolute atomic E-state index is 11.2. The van der Waals surface area contributed by atoms with Crippen LogP contribution in [0, 0.1) is 0 Å². The number of aromatic nitrogens is 3. The van der Waals surface area contributed by atoms with Crippen LogP contribution >= 0.6 is 46.3 Å². The van der Waals surface area contributed by atoms with Gasteiger partial charge in [-0.2, -0.15) is 0 Å². The van der Waals surface area contributed by atoms with Gasteiger partial charge < -0.3 is 5.11 Å². The summed E-state index contributed by atoms with van der Waals surface area (Å²) in [5.74, 6) is 0.0612. The lowest BCUT2D eigenvalue weighted by molar-refractivity contribution is -0.137. The first kappa shape index (κ1) is 17.3. The lowest BCUT2D eigenvalue weighted by Gasteiger charge is -2.08. The molecule has 1 N–H and O–H groups in total. The Morgan fingerprint density at radius 2 is 1.96 bits per heavy atom. The minimum atomic E-state index is -0.953. The number of rotatable bonds is 6. The third-order valence-electron chi connectivity index (χ3n) is 3.16. The Morgan fingerprint density at radius 3 is 2.58 bits per heavy atom. The second-order valence-corrected chi connectivity index (χ2v) is 7.46. The van der Waals surface area contributed by atoms with Gasteiger partial charge in [0.15, 0.2) is 11.0 Å². The number of aliphatic carboxylic acids is 1. The van der Waals surface area contributed by atoms with Crippen LogP contribution in [0.4, 0.5) is 0 Å². The number of carbonyl (C=O) groups is 1. The number of hydrogen-bond donors (Lipinski definition) is 1. The third-order valence-corrected chi connectivity index (χ3v) is 5.73. The Bertz CT molecular complexity index is 845. The topological polar surface area (TPSA) is 68.0 Å². The summed E-state index contributed by atoms with van der Waals surface area (Å²) in [7, 11) is 0. The summed E-state index contributed by atoms with van der Waals surface area (Å²) in [6.07, 6.45) is 0. The van der Waals surface area contributed by atoms with Gasteiger partial charge in [-0.05, 0) is 29.1 Å². The second-order valence-electron chi connectivity index (χ2n) is 4.75. The molecule has 0 radical (unpaired) electrons. The van der Waals surface area contributed by atoms with Crippen LogP contribution < -0.4 is 0 Å². The highest BCUT2D eigenvalue weighted by Gasteiger charge is 2.18. The van der Waals surface area contributed by atoms with Gasteiger partial charge in [-0.25, -0.2) is 0 Å². The van der Waals surface area contributed by atoms with Crippen molar-refractivity contribution in [2.45, 2.75) is 17.5 Å². The van der Waals surface area contributed by atoms with Gasteiger partial charge in [-0.15, -0.1) is 21.5 Å². The largest absolute Gasteiger partial charge is 0.480 e. The van der Waals surface area contributed by atoms with Crippen LogP contribution in [0.1, 0.15) is 5.56 Å². The number of nitrogens with zero attached hydrogens (tertiary/aromatic N) is 3. The van der Waals surface area contributed by atoms with Crippen molar-refractivity contribution in [1.29, 1.82) is 0 Å². The molecule has 3 rings (SSSR count). The summed E-state index contributed by atoms with van der Waals surface area (Å²) in [6.45, 7) is -0.210. The lowest BCUT2D eigenvalue weighted by atomic mass is 10.2. The minimum absolute atomic E-state index is 0.210. The van der Waals surface area contributed by atoms with Gasteiger partial charge in [-0.3, -0.25) is 9.36 Å². The lowest BCUT2D eigenvalue weighted by Crippen LogP contribution is -2.11. The Morgan fingerprint density at radius 1 is 1.21 bits per heavy atom. The molecule has 0 aliphatic rings. The van der Waals surface area contributed by atoms with E-state index in [-0.39, 0.29) is 6.54 Å². The molecule has 0 saturated heterocycles. The molecule has 0 aliphatic carbocycles. The Kier molecular flexibility index (Phi) is 5.45. The average Bonchev–Trinajstić information content (AvgIpc) is 3.16. The van der Waals surface area contributed by atoms with Gasteiger partial charge in [0.2, 0.25) is 0 Å². The molecule has 0 atom stereocenters. The third kappa shape index (κ3) is 3.75. The molecule has 0 saturated carbocycles. The predicted molar refractivity (Wildman–Crippen MR) is 97.0 cm³/mol. The Labute approximate surface area is 156 Å². The van der Waals surface area contributed by atoms with Gasteiger partial charge in [0.05, 0.1) is 4.88 Å². The van der Waals surface area contributed by atoms with Gasteiger partial charge >= 0.3 is 5.97 Å². The van der Waals surface area contributed by atoms with Crippen LogP contribution in [0.5, 0.6) is 0 Å². The van der Waals surface area contributed by atoms with Gasteiger partial charge in [0, 0.05) is 15.8 Å². The fourth-order valence-corrected chi connectivity index (χ4v) is 4.46. The molecule has 5 nitrogen and oxygen atoms in total. The molecular formula is C15H11Cl2N3O2S2. The number of thiophene rings is 1. The maximum Gasteiger partial charge on any atom is 0.323 e. The summed E-state index contributed by atoms with van der Waals surface area (Å²) in [6, 6.07) is 9.08. The van der Waals surface area contributed by atoms with Crippen LogP contribution in [-0.4, -0.2) is 25.8 Å². The van der Waals surface area contributed by atoms with E-state index < -0.39 is 5.97 Å². The van der Waals surface area contributed by atoms with E-state index in [1.54, 1.807) is 22.8 Å². The van der Waals surface area contributed by atoms with E-state index in [0.29, 0.717) is 26.8 Å². The molecule has 0 amide bonds. The van der Waals surface area contributed by atoms with Crippen molar-refractivity contribution in [2.24, 2.45) is 0 Å². The van der Waals surface area contributed by atoms with Crippen LogP contribution in [0.25, 0.3) is 10.7 Å². The Balaban J connectivity index is 1.89. The van der Waals surface area contributed by atoms with E-state index in [1.165, 1.54) is 23.1 Å². The number of carboxylic acid groups (broad SMARTS) is 1. The zero-order valence-electron chi connectivity index (χ0n) is 12.1. The van der Waals surface area contributed by atoms with Crippen molar-refractivity contribution >= 4 is 52.3 Å². The van der Waals surface area contributed by atoms with Gasteiger partial charge in [0.25, 0.3) is 0 Å². The summed E-state index contributed by atoms with van der Waals surface area (Å²) in [5.41, 5.74) is 0.786. The van der Waals surface area contributed by atoms with Crippen molar-refractivity contribution in [3.05, 3.63) is 51.3 Å². The second kappa shape index (κ2) is 7.57. The maximum atomic E-state index is 11.2. The van der Waals surface area contributed by atoms with Crippen molar-refractivity contribution in [3.8, 4) is 10.7 Å². The van der Waals surface area contributed by atoms with Crippen molar-refractivity contribution in [1.82, 2.24) is 14.8 Å². The molecule has 0 unspecified atom stereocenters. The number of benzene rings is 1. The van der Waals surface area contributed by atoms with Crippen molar-refractivity contribution in [2.75, 3.05) is 0 Å². The van der Waals surface area contributed by atoms with Crippen LogP contribution in [0.15, 0.2) is 40.9 Å². The number of carboxylic acids is 1. The number of hydrogen-bond acceptors (Lipinski definition) is 5. The first-order valence-electron chi connectivity index (χ1n) is 6.81. The highest BCUT2D eigenvalue weighted by atomic mass is 35.5. The summed E-state index contributed by atoms with van der Waals surface area (Å²) < 4.78 is 1.59. The first-order valence-corrected chi connectivity index (χ1v) is 9.43. The molecule has 0 fully saturated rings. The van der Waals surface area contributed by atoms with Crippen molar-refractivity contribution < 1.29 is 9.90 Å². The molecule has 9 heteroatoms. The standard InChI is InChI=1S/C15H11Cl2N3O2S2/c16-10-3-1-4-11(17)9(10)8-24-15-19-18-14(12-5-2-6-23-12)20(15)7-13(21)22/h1-6H,7-8H2,(H,21,22). The van der Waals surface area contributed by atoms with Crippen LogP contribution in [0.2, 0.25) is 10.0 Å². The summed E-state index contributed by atoms with van der Waals surface area (Å²) >= 11 is 15.2. The molecule has 0 spiro atoms. The average molecular weight is 400 g/mol. The van der Waals surface area contributed by atoms with E-state index in [1.807, 2.05) is 17.5 Å². The molecule has 0 aliphatic heterocycles. The predicted octanol–water partition coefficient (Wildman–Crippen LogP) is 4.69. The van der Waals surface area contributed by atoms with E-state index in [0.717, 1.165) is 10.4 Å². The van der Waals surface area contributed by atoms with Gasteiger partial charge in [0.1, 0.15) is 6.54 Å². The number of halogens is 2. The van der Waals surface area contributed by atoms with Gasteiger partial charge in [-0.1, -0.05) is 47.1 Å². The van der Waals surface area contributed by atoms with E-state index in [9.17, 15) is 9.90 Å². The fraction of sp³-hybridized carbons (Fsp3) is 0.133. The zero-order chi connectivity index (χ0) is 17.1. The van der Waals surface area contributed by atoms with Crippen molar-refractivity contribution in [3.63, 3.8) is 0 Å². The quantitative estimate of drug-likeness (QED) is 0.608. The van der Waals surface area contributed by atoms with Crippen LogP contribution in [0.3, 0.4) is 0 Å². The normalized spacial score (nSPS) is 10.9. The fourth-order valence-electron chi connectivity index (χ4n) is 2.07. The SMILES string of the molecule is O=C(O)Cn1c(SCc2c(Cl)cccc2Cl)nnc1-c1cccs1. The summed E-state index contributed by atoms with van der Waals surface area (Å²) in [4.78, 5) is 12.1. The molecular weight excluding hydrogens is 389 g/mol. The number of thioether (sulfide) groups is 1. The van der Waals surface area contributed by atoms with E-state index in [2.05, 4.69) is 10.2 Å². The Hall–Kier alpha value is -1.54.